The number of aromatic nitrogens is 2. The predicted molar refractivity (Wildman–Crippen MR) is 97.7 cm³/mol. The molecule has 0 spiro atoms. The van der Waals surface area contributed by atoms with Gasteiger partial charge in [0.15, 0.2) is 0 Å². The fourth-order valence-corrected chi connectivity index (χ4v) is 5.64. The van der Waals surface area contributed by atoms with E-state index in [-0.39, 0.29) is 5.41 Å². The number of nitrogens with zero attached hydrogens (tertiary/aromatic N) is 4. The average Bonchev–Trinajstić information content (AvgIpc) is 3.28. The summed E-state index contributed by atoms with van der Waals surface area (Å²) in [5, 5.41) is 8.70. The second-order valence-electron chi connectivity index (χ2n) is 10.0. The van der Waals surface area contributed by atoms with Crippen molar-refractivity contribution in [2.24, 2.45) is 17.8 Å². The van der Waals surface area contributed by atoms with Crippen molar-refractivity contribution in [3.05, 3.63) is 5.89 Å². The number of hydrogen-bond acceptors (Lipinski definition) is 5. The molecule has 0 aromatic carbocycles. The second kappa shape index (κ2) is 5.70. The second-order valence-corrected chi connectivity index (χ2v) is 10.0. The lowest BCUT2D eigenvalue weighted by atomic mass is 9.74. The summed E-state index contributed by atoms with van der Waals surface area (Å²) in [6.07, 6.45) is 8.63. The molecule has 3 aliphatic heterocycles. The Labute approximate surface area is 151 Å². The molecule has 138 valence electrons. The largest absolute Gasteiger partial charge is 0.407 e. The smallest absolute Gasteiger partial charge is 0.318 e. The van der Waals surface area contributed by atoms with Crippen LogP contribution in [0.5, 0.6) is 0 Å². The van der Waals surface area contributed by atoms with Crippen LogP contribution in [0.2, 0.25) is 0 Å². The van der Waals surface area contributed by atoms with Crippen molar-refractivity contribution < 1.29 is 4.42 Å². The summed E-state index contributed by atoms with van der Waals surface area (Å²) >= 11 is 0. The fraction of sp³-hybridized carbons (Fsp3) is 0.900. The molecule has 5 rings (SSSR count). The van der Waals surface area contributed by atoms with Gasteiger partial charge in [0.1, 0.15) is 0 Å². The lowest BCUT2D eigenvalue weighted by Gasteiger charge is -2.55. The summed E-state index contributed by atoms with van der Waals surface area (Å²) in [6, 6.07) is 2.44. The normalized spacial score (nSPS) is 36.4. The van der Waals surface area contributed by atoms with E-state index in [1.165, 1.54) is 45.1 Å². The highest BCUT2D eigenvalue weighted by Gasteiger charge is 2.48. The van der Waals surface area contributed by atoms with Crippen molar-refractivity contribution in [1.29, 1.82) is 0 Å². The molecule has 1 aromatic rings. The molecule has 0 N–H and O–H groups in total. The van der Waals surface area contributed by atoms with Crippen LogP contribution in [-0.2, 0) is 5.41 Å². The molecular weight excluding hydrogens is 312 g/mol. The van der Waals surface area contributed by atoms with E-state index in [2.05, 4.69) is 40.8 Å². The van der Waals surface area contributed by atoms with Crippen LogP contribution in [0, 0.1) is 17.8 Å². The number of piperidine rings is 3. The van der Waals surface area contributed by atoms with Crippen molar-refractivity contribution in [1.82, 2.24) is 15.1 Å². The van der Waals surface area contributed by atoms with Gasteiger partial charge >= 0.3 is 6.01 Å². The Morgan fingerprint density at radius 2 is 1.68 bits per heavy atom. The van der Waals surface area contributed by atoms with E-state index in [1.54, 1.807) is 0 Å². The van der Waals surface area contributed by atoms with Crippen LogP contribution in [0.15, 0.2) is 4.42 Å². The van der Waals surface area contributed by atoms with Gasteiger partial charge in [0.05, 0.1) is 0 Å². The van der Waals surface area contributed by atoms with Crippen molar-refractivity contribution in [3.63, 3.8) is 0 Å². The highest BCUT2D eigenvalue weighted by molar-refractivity contribution is 5.28. The third-order valence-corrected chi connectivity index (χ3v) is 6.93. The molecule has 25 heavy (non-hydrogen) atoms. The molecule has 4 heterocycles. The van der Waals surface area contributed by atoms with Gasteiger partial charge in [0.2, 0.25) is 5.89 Å². The van der Waals surface area contributed by atoms with E-state index in [9.17, 15) is 0 Å². The van der Waals surface area contributed by atoms with E-state index >= 15 is 0 Å². The molecule has 0 radical (unpaired) electrons. The number of anilines is 1. The van der Waals surface area contributed by atoms with Crippen LogP contribution in [-0.4, -0.2) is 46.8 Å². The molecule has 1 aromatic heterocycles. The Morgan fingerprint density at radius 3 is 2.36 bits per heavy atom. The Hall–Kier alpha value is -1.10. The van der Waals surface area contributed by atoms with Gasteiger partial charge < -0.3 is 9.32 Å². The summed E-state index contributed by atoms with van der Waals surface area (Å²) in [5.41, 5.74) is -0.0748. The first kappa shape index (κ1) is 16.1. The van der Waals surface area contributed by atoms with Gasteiger partial charge in [-0.25, -0.2) is 0 Å². The molecule has 1 aliphatic carbocycles. The summed E-state index contributed by atoms with van der Waals surface area (Å²) < 4.78 is 6.05. The summed E-state index contributed by atoms with van der Waals surface area (Å²) in [7, 11) is 0. The number of hydrogen-bond donors (Lipinski definition) is 0. The minimum absolute atomic E-state index is 0.0748. The number of rotatable bonds is 2. The Kier molecular flexibility index (Phi) is 3.67. The summed E-state index contributed by atoms with van der Waals surface area (Å²) in [6.45, 7) is 9.87. The third-order valence-electron chi connectivity index (χ3n) is 6.93. The van der Waals surface area contributed by atoms with Crippen molar-refractivity contribution >= 4 is 6.01 Å². The van der Waals surface area contributed by atoms with Crippen LogP contribution in [0.3, 0.4) is 0 Å². The molecule has 5 nitrogen and oxygen atoms in total. The zero-order chi connectivity index (χ0) is 17.2. The van der Waals surface area contributed by atoms with Crippen molar-refractivity contribution in [2.75, 3.05) is 24.5 Å². The zero-order valence-corrected chi connectivity index (χ0v) is 15.9. The van der Waals surface area contributed by atoms with Gasteiger partial charge in [-0.2, -0.15) is 0 Å². The highest BCUT2D eigenvalue weighted by Crippen LogP contribution is 2.46. The molecule has 0 amide bonds. The highest BCUT2D eigenvalue weighted by atomic mass is 16.4. The molecule has 4 aliphatic rings. The summed E-state index contributed by atoms with van der Waals surface area (Å²) in [5.74, 6) is 3.31. The van der Waals surface area contributed by atoms with E-state index in [4.69, 9.17) is 4.42 Å². The Morgan fingerprint density at radius 1 is 0.920 bits per heavy atom. The maximum atomic E-state index is 6.05. The van der Waals surface area contributed by atoms with Crippen molar-refractivity contribution in [3.8, 4) is 0 Å². The Balaban J connectivity index is 1.34. The summed E-state index contributed by atoms with van der Waals surface area (Å²) in [4.78, 5) is 5.32. The molecule has 3 saturated heterocycles. The molecule has 4 fully saturated rings. The Bertz CT molecular complexity index is 632. The zero-order valence-electron chi connectivity index (χ0n) is 15.9. The minimum atomic E-state index is -0.0748. The molecule has 1 saturated carbocycles. The molecular formula is C20H32N4O. The lowest BCUT2D eigenvalue weighted by Crippen LogP contribution is -2.62. The van der Waals surface area contributed by atoms with Crippen LogP contribution >= 0.6 is 0 Å². The van der Waals surface area contributed by atoms with Crippen LogP contribution in [0.25, 0.3) is 0 Å². The topological polar surface area (TPSA) is 45.4 Å². The lowest BCUT2D eigenvalue weighted by molar-refractivity contribution is -0.0265. The average molecular weight is 345 g/mol. The third kappa shape index (κ3) is 2.88. The van der Waals surface area contributed by atoms with Gasteiger partial charge in [-0.05, 0) is 49.9 Å². The minimum Gasteiger partial charge on any atom is -0.407 e. The van der Waals surface area contributed by atoms with Gasteiger partial charge in [0.25, 0.3) is 0 Å². The van der Waals surface area contributed by atoms with Gasteiger partial charge in [-0.3, -0.25) is 4.90 Å². The van der Waals surface area contributed by atoms with E-state index in [1.807, 2.05) is 0 Å². The van der Waals surface area contributed by atoms with Crippen LogP contribution in [0.4, 0.5) is 6.01 Å². The molecule has 4 atom stereocenters. The first-order valence-electron chi connectivity index (χ1n) is 10.3. The van der Waals surface area contributed by atoms with E-state index in [0.717, 1.165) is 54.8 Å². The van der Waals surface area contributed by atoms with E-state index < -0.39 is 0 Å². The standard InChI is InChI=1S/C20H32N4O/c1-20(2,3)18-21-22-19(25-18)23-10-13-9-15(12-23)17-6-4-5-16(14-7-8-14)24(17)11-13/h13-17H,4-12H2,1-3H3/t13-,15+,16+,17-/m0/s1. The van der Waals surface area contributed by atoms with Gasteiger partial charge in [-0.1, -0.05) is 32.3 Å². The van der Waals surface area contributed by atoms with Gasteiger partial charge in [0, 0.05) is 37.1 Å². The van der Waals surface area contributed by atoms with Gasteiger partial charge in [-0.15, -0.1) is 5.10 Å². The first-order valence-corrected chi connectivity index (χ1v) is 10.3. The maximum absolute atomic E-state index is 6.05. The van der Waals surface area contributed by atoms with Crippen molar-refractivity contribution in [2.45, 2.75) is 76.8 Å². The van der Waals surface area contributed by atoms with E-state index in [0.29, 0.717) is 0 Å². The first-order chi connectivity index (χ1) is 12.0. The SMILES string of the molecule is CC(C)(C)c1nnc(N2C[C@@H]3C[C@H](C2)[C@@H]2CCC[C@H](C4CC4)N2C3)o1. The fourth-order valence-electron chi connectivity index (χ4n) is 5.64. The molecule has 5 heteroatoms. The molecule has 2 bridgehead atoms. The number of fused-ring (bicyclic) bond motifs is 4. The van der Waals surface area contributed by atoms with Crippen LogP contribution in [0.1, 0.15) is 65.2 Å². The quantitative estimate of drug-likeness (QED) is 0.822. The predicted octanol–water partition coefficient (Wildman–Crippen LogP) is 3.46. The molecule has 0 unspecified atom stereocenters. The maximum Gasteiger partial charge on any atom is 0.318 e. The van der Waals surface area contributed by atoms with Crippen LogP contribution < -0.4 is 4.90 Å². The monoisotopic (exact) mass is 344 g/mol.